The number of rotatable bonds is 5. The molecule has 0 saturated heterocycles. The molecule has 100 valence electrons. The minimum Gasteiger partial charge on any atom is -0.490 e. The quantitative estimate of drug-likeness (QED) is 0.748. The maximum absolute atomic E-state index is 5.68. The van der Waals surface area contributed by atoms with Gasteiger partial charge in [0.15, 0.2) is 11.5 Å². The molecule has 1 aromatic carbocycles. The van der Waals surface area contributed by atoms with Crippen LogP contribution >= 0.6 is 0 Å². The van der Waals surface area contributed by atoms with Crippen molar-refractivity contribution in [3.05, 3.63) is 23.8 Å². The largest absolute Gasteiger partial charge is 0.490 e. The second-order valence-corrected chi connectivity index (χ2v) is 4.58. The van der Waals surface area contributed by atoms with E-state index >= 15 is 0 Å². The van der Waals surface area contributed by atoms with Gasteiger partial charge in [-0.25, -0.2) is 0 Å². The molecule has 0 radical (unpaired) electrons. The zero-order valence-electron chi connectivity index (χ0n) is 11.1. The molecule has 4 nitrogen and oxygen atoms in total. The topological polar surface area (TPSA) is 30.9 Å². The zero-order chi connectivity index (χ0) is 12.8. The summed E-state index contributed by atoms with van der Waals surface area (Å²) in [5.41, 5.74) is 1.27. The summed E-state index contributed by atoms with van der Waals surface area (Å²) in [6, 6.07) is 6.20. The van der Waals surface area contributed by atoms with Crippen molar-refractivity contribution >= 4 is 0 Å². The molecular weight excluding hydrogens is 230 g/mol. The first-order valence-electron chi connectivity index (χ1n) is 6.35. The zero-order valence-corrected chi connectivity index (χ0v) is 11.1. The molecule has 0 atom stereocenters. The Labute approximate surface area is 108 Å². The Hall–Kier alpha value is -1.26. The lowest BCUT2D eigenvalue weighted by Crippen LogP contribution is -2.23. The Morgan fingerprint density at radius 1 is 1.22 bits per heavy atom. The van der Waals surface area contributed by atoms with E-state index in [1.54, 1.807) is 7.11 Å². The van der Waals surface area contributed by atoms with Crippen LogP contribution in [-0.2, 0) is 11.2 Å². The van der Waals surface area contributed by atoms with E-state index in [2.05, 4.69) is 17.0 Å². The van der Waals surface area contributed by atoms with Crippen molar-refractivity contribution in [2.75, 3.05) is 40.6 Å². The third kappa shape index (κ3) is 3.62. The smallest absolute Gasteiger partial charge is 0.161 e. The number of hydrogen-bond donors (Lipinski definition) is 0. The lowest BCUT2D eigenvalue weighted by atomic mass is 10.1. The van der Waals surface area contributed by atoms with Crippen LogP contribution in [0.1, 0.15) is 12.0 Å². The predicted octanol–water partition coefficient (Wildman–Crippen LogP) is 1.93. The molecule has 1 aromatic rings. The third-order valence-corrected chi connectivity index (χ3v) is 2.94. The molecule has 0 aromatic heterocycles. The van der Waals surface area contributed by atoms with Crippen molar-refractivity contribution < 1.29 is 14.2 Å². The van der Waals surface area contributed by atoms with E-state index in [4.69, 9.17) is 14.2 Å². The Morgan fingerprint density at radius 2 is 2.00 bits per heavy atom. The van der Waals surface area contributed by atoms with Gasteiger partial charge in [0.1, 0.15) is 0 Å². The summed E-state index contributed by atoms with van der Waals surface area (Å²) in [6.45, 7) is 3.10. The van der Waals surface area contributed by atoms with Crippen LogP contribution in [0.5, 0.6) is 11.5 Å². The Bertz CT molecular complexity index is 381. The first-order chi connectivity index (χ1) is 8.79. The molecule has 0 saturated carbocycles. The van der Waals surface area contributed by atoms with Crippen molar-refractivity contribution in [2.24, 2.45) is 0 Å². The molecule has 0 aliphatic carbocycles. The Kier molecular flexibility index (Phi) is 4.84. The molecule has 0 N–H and O–H groups in total. The molecule has 1 aliphatic heterocycles. The summed E-state index contributed by atoms with van der Waals surface area (Å²) in [6.07, 6.45) is 1.93. The van der Waals surface area contributed by atoms with Gasteiger partial charge in [-0.3, -0.25) is 4.90 Å². The van der Waals surface area contributed by atoms with E-state index in [0.717, 1.165) is 44.1 Å². The van der Waals surface area contributed by atoms with Gasteiger partial charge in [0.25, 0.3) is 0 Å². The highest BCUT2D eigenvalue weighted by Crippen LogP contribution is 2.30. The van der Waals surface area contributed by atoms with Gasteiger partial charge in [-0.15, -0.1) is 0 Å². The van der Waals surface area contributed by atoms with Crippen LogP contribution < -0.4 is 9.47 Å². The first-order valence-corrected chi connectivity index (χ1v) is 6.35. The average Bonchev–Trinajstić information content (AvgIpc) is 2.61. The molecular formula is C14H21NO3. The highest BCUT2D eigenvalue weighted by molar-refractivity contribution is 5.43. The Balaban J connectivity index is 1.95. The summed E-state index contributed by atoms with van der Waals surface area (Å²) < 4.78 is 16.4. The maximum Gasteiger partial charge on any atom is 0.161 e. The average molecular weight is 251 g/mol. The monoisotopic (exact) mass is 251 g/mol. The van der Waals surface area contributed by atoms with Crippen LogP contribution in [0, 0.1) is 0 Å². The first kappa shape index (κ1) is 13.2. The second kappa shape index (κ2) is 6.61. The fourth-order valence-corrected chi connectivity index (χ4v) is 1.97. The number of likely N-dealkylation sites (N-methyl/N-ethyl adjacent to an activating group) is 1. The van der Waals surface area contributed by atoms with Gasteiger partial charge in [0.2, 0.25) is 0 Å². The molecule has 0 fully saturated rings. The van der Waals surface area contributed by atoms with Gasteiger partial charge in [0.05, 0.1) is 19.9 Å². The molecule has 0 spiro atoms. The van der Waals surface area contributed by atoms with E-state index in [1.807, 2.05) is 13.1 Å². The molecule has 0 unspecified atom stereocenters. The lowest BCUT2D eigenvalue weighted by molar-refractivity contribution is 0.0827. The standard InChI is InChI=1S/C14H21NO3/c1-15(11-16-2)7-6-12-4-5-13-14(10-12)18-9-3-8-17-13/h4-5,10H,3,6-9,11H2,1-2H3. The molecule has 0 amide bonds. The number of hydrogen-bond acceptors (Lipinski definition) is 4. The van der Waals surface area contributed by atoms with Crippen LogP contribution in [0.25, 0.3) is 0 Å². The van der Waals surface area contributed by atoms with E-state index < -0.39 is 0 Å². The minimum atomic E-state index is 0.657. The van der Waals surface area contributed by atoms with Crippen molar-refractivity contribution in [3.8, 4) is 11.5 Å². The van der Waals surface area contributed by atoms with Crippen LogP contribution in [0.15, 0.2) is 18.2 Å². The normalized spacial score (nSPS) is 14.6. The molecule has 1 heterocycles. The van der Waals surface area contributed by atoms with Crippen molar-refractivity contribution in [1.29, 1.82) is 0 Å². The van der Waals surface area contributed by atoms with Crippen LogP contribution in [0.4, 0.5) is 0 Å². The number of nitrogens with zero attached hydrogens (tertiary/aromatic N) is 1. The van der Waals surface area contributed by atoms with Crippen molar-refractivity contribution in [2.45, 2.75) is 12.8 Å². The van der Waals surface area contributed by atoms with Gasteiger partial charge in [-0.2, -0.15) is 0 Å². The summed E-state index contributed by atoms with van der Waals surface area (Å²) in [7, 11) is 3.76. The van der Waals surface area contributed by atoms with Gasteiger partial charge < -0.3 is 14.2 Å². The number of methoxy groups -OCH3 is 1. The summed E-state index contributed by atoms with van der Waals surface area (Å²) in [4.78, 5) is 2.14. The van der Waals surface area contributed by atoms with Crippen LogP contribution in [0.2, 0.25) is 0 Å². The summed E-state index contributed by atoms with van der Waals surface area (Å²) in [5, 5.41) is 0. The van der Waals surface area contributed by atoms with Gasteiger partial charge >= 0.3 is 0 Å². The number of benzene rings is 1. The molecule has 4 heteroatoms. The third-order valence-electron chi connectivity index (χ3n) is 2.94. The summed E-state index contributed by atoms with van der Waals surface area (Å²) in [5.74, 6) is 1.74. The number of fused-ring (bicyclic) bond motifs is 1. The lowest BCUT2D eigenvalue weighted by Gasteiger charge is -2.15. The fraction of sp³-hybridized carbons (Fsp3) is 0.571. The van der Waals surface area contributed by atoms with Crippen molar-refractivity contribution in [3.63, 3.8) is 0 Å². The fourth-order valence-electron chi connectivity index (χ4n) is 1.97. The van der Waals surface area contributed by atoms with Gasteiger partial charge in [-0.1, -0.05) is 6.07 Å². The highest BCUT2D eigenvalue weighted by atomic mass is 16.5. The van der Waals surface area contributed by atoms with E-state index in [1.165, 1.54) is 5.56 Å². The molecule has 1 aliphatic rings. The van der Waals surface area contributed by atoms with Gasteiger partial charge in [0, 0.05) is 20.1 Å². The maximum atomic E-state index is 5.68. The number of ether oxygens (including phenoxy) is 3. The second-order valence-electron chi connectivity index (χ2n) is 4.58. The molecule has 0 bridgehead atoms. The minimum absolute atomic E-state index is 0.657. The van der Waals surface area contributed by atoms with Crippen LogP contribution in [-0.4, -0.2) is 45.5 Å². The van der Waals surface area contributed by atoms with Gasteiger partial charge in [-0.05, 0) is 31.2 Å². The van der Waals surface area contributed by atoms with E-state index in [-0.39, 0.29) is 0 Å². The molecule has 2 rings (SSSR count). The molecule has 18 heavy (non-hydrogen) atoms. The SMILES string of the molecule is COCN(C)CCc1ccc2c(c1)OCCCO2. The Morgan fingerprint density at radius 3 is 2.78 bits per heavy atom. The van der Waals surface area contributed by atoms with Crippen molar-refractivity contribution in [1.82, 2.24) is 4.90 Å². The highest BCUT2D eigenvalue weighted by Gasteiger charge is 2.10. The van der Waals surface area contributed by atoms with Crippen LogP contribution in [0.3, 0.4) is 0 Å². The van der Waals surface area contributed by atoms with E-state index in [0.29, 0.717) is 6.73 Å². The summed E-state index contributed by atoms with van der Waals surface area (Å²) >= 11 is 0. The van der Waals surface area contributed by atoms with E-state index in [9.17, 15) is 0 Å². The predicted molar refractivity (Wildman–Crippen MR) is 70.3 cm³/mol.